The maximum Gasteiger partial charge on any atom is 0.411 e. The Balaban J connectivity index is 0.000000350. The molecule has 330 valence electrons. The Morgan fingerprint density at radius 2 is 1.02 bits per heavy atom. The number of aldehydes is 1. The number of rotatable bonds is 10. The Bertz CT molecular complexity index is 1680. The molecule has 0 aliphatic carbocycles. The highest BCUT2D eigenvalue weighted by molar-refractivity contribution is 5.91. The lowest BCUT2D eigenvalue weighted by atomic mass is 9.72. The summed E-state index contributed by atoms with van der Waals surface area (Å²) < 4.78 is 22.1. The fourth-order valence-electron chi connectivity index (χ4n) is 6.67. The molecule has 4 unspecified atom stereocenters. The van der Waals surface area contributed by atoms with Crippen molar-refractivity contribution in [1.29, 1.82) is 0 Å². The van der Waals surface area contributed by atoms with Crippen molar-refractivity contribution in [3.05, 3.63) is 71.8 Å². The summed E-state index contributed by atoms with van der Waals surface area (Å²) >= 11 is 0. The summed E-state index contributed by atoms with van der Waals surface area (Å²) in [5, 5.41) is 3.39. The fourth-order valence-corrected chi connectivity index (χ4v) is 6.67. The number of carbonyl (C=O) groups is 5. The van der Waals surface area contributed by atoms with Gasteiger partial charge in [0.1, 0.15) is 34.2 Å². The highest BCUT2D eigenvalue weighted by atomic mass is 16.6. The molecule has 2 aliphatic heterocycles. The number of benzene rings is 2. The van der Waals surface area contributed by atoms with Crippen molar-refractivity contribution < 1.29 is 42.9 Å². The van der Waals surface area contributed by atoms with Crippen molar-refractivity contribution in [2.45, 2.75) is 156 Å². The highest BCUT2D eigenvalue weighted by Crippen LogP contribution is 2.43. The molecule has 0 aromatic heterocycles. The van der Waals surface area contributed by atoms with E-state index in [-0.39, 0.29) is 24.2 Å². The lowest BCUT2D eigenvalue weighted by Crippen LogP contribution is -2.73. The van der Waals surface area contributed by atoms with Crippen LogP contribution in [-0.2, 0) is 46.4 Å². The van der Waals surface area contributed by atoms with Crippen LogP contribution in [0.3, 0.4) is 0 Å². The first kappa shape index (κ1) is 50.7. The summed E-state index contributed by atoms with van der Waals surface area (Å²) in [5.74, 6) is -1.10. The van der Waals surface area contributed by atoms with E-state index in [0.29, 0.717) is 45.4 Å². The Kier molecular flexibility index (Phi) is 17.7. The third-order valence-corrected chi connectivity index (χ3v) is 9.57. The molecule has 13 nitrogen and oxygen atoms in total. The first-order valence-electron chi connectivity index (χ1n) is 20.5. The number of nitrogens with two attached hydrogens (primary N) is 1. The molecule has 2 heterocycles. The topological polar surface area (TPSA) is 167 Å². The Morgan fingerprint density at radius 3 is 1.36 bits per heavy atom. The van der Waals surface area contributed by atoms with Crippen molar-refractivity contribution >= 4 is 30.4 Å². The number of likely N-dealkylation sites (tertiary alicyclic amines) is 2. The van der Waals surface area contributed by atoms with E-state index in [4.69, 9.17) is 24.7 Å². The first-order valence-corrected chi connectivity index (χ1v) is 20.5. The maximum atomic E-state index is 13.2. The maximum absolute atomic E-state index is 13.2. The molecule has 2 aromatic carbocycles. The number of ether oxygens (including phenoxy) is 4. The van der Waals surface area contributed by atoms with Crippen LogP contribution >= 0.6 is 0 Å². The smallest absolute Gasteiger partial charge is 0.411 e. The number of hydrogen-bond acceptors (Lipinski definition) is 11. The van der Waals surface area contributed by atoms with Crippen LogP contribution in [0.25, 0.3) is 0 Å². The zero-order valence-electron chi connectivity index (χ0n) is 38.1. The van der Waals surface area contributed by atoms with E-state index in [0.717, 1.165) is 0 Å². The van der Waals surface area contributed by atoms with Gasteiger partial charge in [0.25, 0.3) is 0 Å². The summed E-state index contributed by atoms with van der Waals surface area (Å²) in [7, 11) is 0. The molecule has 2 saturated heterocycles. The molecule has 4 atom stereocenters. The number of hydrogen-bond donors (Lipinski definition) is 2. The zero-order chi connectivity index (χ0) is 45.0. The van der Waals surface area contributed by atoms with E-state index in [1.54, 1.807) is 46.4 Å². The Labute approximate surface area is 353 Å². The number of nitrogens with one attached hydrogen (secondary N) is 1. The van der Waals surface area contributed by atoms with Crippen molar-refractivity contribution in [3.63, 3.8) is 0 Å². The Hall–Kier alpha value is -4.49. The standard InChI is InChI=1S/C23H36N2O4.C16H27NO5.C7H9N/c1-17-16-25(20(27)29-22(5,6)7)23(17,19(26)28-21(2,3)4)13-14-24-15-18-11-9-8-10-12-18;1-11-10-17(13(20)22-15(5,6)7)16(11,8-9-18)12(19)21-14(2,3)4;8-6-7-4-2-1-3-5-7/h8-12,17,24H,13-16H2,1-7H3;9,11H,8,10H2,1-7H3;1-5H,6,8H2. The molecule has 0 bridgehead atoms. The minimum atomic E-state index is -1.27. The third-order valence-electron chi connectivity index (χ3n) is 9.57. The van der Waals surface area contributed by atoms with Crippen molar-refractivity contribution in [2.75, 3.05) is 19.6 Å². The SMILES string of the molecule is CC1CN(C(=O)OC(C)(C)C)C1(CC=O)C(=O)OC(C)(C)C.CC1CN(C(=O)OC(C)(C)C)C1(CCNCc1ccccc1)C(=O)OC(C)(C)C.NCc1ccccc1. The number of carbonyl (C=O) groups excluding carboxylic acids is 5. The van der Waals surface area contributed by atoms with Gasteiger partial charge in [-0.3, -0.25) is 9.80 Å². The second-order valence-corrected chi connectivity index (χ2v) is 19.3. The van der Waals surface area contributed by atoms with Gasteiger partial charge in [-0.2, -0.15) is 0 Å². The van der Waals surface area contributed by atoms with Gasteiger partial charge in [-0.1, -0.05) is 74.5 Å². The van der Waals surface area contributed by atoms with E-state index in [1.165, 1.54) is 16.0 Å². The lowest BCUT2D eigenvalue weighted by Gasteiger charge is -2.55. The quantitative estimate of drug-likeness (QED) is 0.104. The van der Waals surface area contributed by atoms with E-state index < -0.39 is 51.6 Å². The van der Waals surface area contributed by atoms with Gasteiger partial charge >= 0.3 is 24.1 Å². The lowest BCUT2D eigenvalue weighted by molar-refractivity contribution is -0.188. The van der Waals surface area contributed by atoms with Gasteiger partial charge in [-0.05, 0) is 107 Å². The molecule has 0 saturated carbocycles. The van der Waals surface area contributed by atoms with Gasteiger partial charge < -0.3 is 34.8 Å². The second kappa shape index (κ2) is 20.7. The first-order chi connectivity index (χ1) is 27.1. The monoisotopic (exact) mass is 825 g/mol. The number of amides is 2. The van der Waals surface area contributed by atoms with Gasteiger partial charge in [-0.15, -0.1) is 0 Å². The Morgan fingerprint density at radius 1 is 0.644 bits per heavy atom. The molecule has 13 heteroatoms. The third kappa shape index (κ3) is 14.9. The summed E-state index contributed by atoms with van der Waals surface area (Å²) in [6, 6.07) is 20.1. The van der Waals surface area contributed by atoms with Gasteiger partial charge in [-0.25, -0.2) is 19.2 Å². The van der Waals surface area contributed by atoms with Crippen LogP contribution in [0.1, 0.15) is 121 Å². The molecule has 59 heavy (non-hydrogen) atoms. The number of esters is 2. The van der Waals surface area contributed by atoms with E-state index in [1.807, 2.05) is 104 Å². The molecular formula is C46H72N4O9. The van der Waals surface area contributed by atoms with Crippen LogP contribution in [0.5, 0.6) is 0 Å². The van der Waals surface area contributed by atoms with Gasteiger partial charge in [0, 0.05) is 44.4 Å². The minimum absolute atomic E-state index is 0.0107. The molecule has 2 fully saturated rings. The predicted octanol–water partition coefficient (Wildman–Crippen LogP) is 7.82. The van der Waals surface area contributed by atoms with Gasteiger partial charge in [0.05, 0.1) is 0 Å². The summed E-state index contributed by atoms with van der Waals surface area (Å²) in [4.78, 5) is 64.9. The molecule has 2 amide bonds. The van der Waals surface area contributed by atoms with E-state index >= 15 is 0 Å². The van der Waals surface area contributed by atoms with Crippen molar-refractivity contribution in [1.82, 2.24) is 15.1 Å². The van der Waals surface area contributed by atoms with Crippen LogP contribution in [-0.4, -0.2) is 93.3 Å². The average Bonchev–Trinajstić information content (AvgIpc) is 3.09. The van der Waals surface area contributed by atoms with Crippen LogP contribution in [0, 0.1) is 11.8 Å². The minimum Gasteiger partial charge on any atom is -0.458 e. The molecule has 3 N–H and O–H groups in total. The summed E-state index contributed by atoms with van der Waals surface area (Å²) in [5.41, 5.74) is 2.81. The highest BCUT2D eigenvalue weighted by Gasteiger charge is 2.62. The molecule has 0 spiro atoms. The fraction of sp³-hybridized carbons (Fsp3) is 0.630. The molecule has 2 aliphatic rings. The molecule has 4 rings (SSSR count). The largest absolute Gasteiger partial charge is 0.458 e. The predicted molar refractivity (Wildman–Crippen MR) is 229 cm³/mol. The van der Waals surface area contributed by atoms with Gasteiger partial charge in [0.2, 0.25) is 0 Å². The average molecular weight is 825 g/mol. The van der Waals surface area contributed by atoms with Crippen molar-refractivity contribution in [2.24, 2.45) is 17.6 Å². The van der Waals surface area contributed by atoms with Gasteiger partial charge in [0.15, 0.2) is 5.54 Å². The normalized spacial score (nSPS) is 21.5. The number of nitrogens with zero attached hydrogens (tertiary/aromatic N) is 2. The summed E-state index contributed by atoms with van der Waals surface area (Å²) in [6.45, 7) is 28.1. The van der Waals surface area contributed by atoms with Crippen LogP contribution < -0.4 is 11.1 Å². The van der Waals surface area contributed by atoms with Crippen molar-refractivity contribution in [3.8, 4) is 0 Å². The van der Waals surface area contributed by atoms with Crippen LogP contribution in [0.4, 0.5) is 9.59 Å². The second-order valence-electron chi connectivity index (χ2n) is 19.3. The molecule has 0 radical (unpaired) electrons. The molecule has 2 aromatic rings. The van der Waals surface area contributed by atoms with Crippen LogP contribution in [0.2, 0.25) is 0 Å². The van der Waals surface area contributed by atoms with E-state index in [9.17, 15) is 24.0 Å². The zero-order valence-corrected chi connectivity index (χ0v) is 38.1. The molecular weight excluding hydrogens is 753 g/mol. The summed E-state index contributed by atoms with van der Waals surface area (Å²) in [6.07, 6.45) is -0.0446. The van der Waals surface area contributed by atoms with E-state index in [2.05, 4.69) is 17.4 Å². The van der Waals surface area contributed by atoms with Crippen LogP contribution in [0.15, 0.2) is 60.7 Å².